The molecule has 2 rings (SSSR count). The van der Waals surface area contributed by atoms with Gasteiger partial charge in [0, 0.05) is 11.8 Å². The number of carbonyl (C=O) groups is 1. The van der Waals surface area contributed by atoms with Crippen LogP contribution in [-0.4, -0.2) is 12.5 Å². The molecule has 1 aliphatic carbocycles. The van der Waals surface area contributed by atoms with E-state index in [9.17, 15) is 4.79 Å². The van der Waals surface area contributed by atoms with Gasteiger partial charge in [0.1, 0.15) is 5.75 Å². The van der Waals surface area contributed by atoms with Crippen LogP contribution < -0.4 is 16.2 Å². The first-order valence-corrected chi connectivity index (χ1v) is 5.99. The van der Waals surface area contributed by atoms with E-state index in [1.807, 2.05) is 0 Å². The minimum atomic E-state index is -0.480. The average molecular weight is 234 g/mol. The number of anilines is 1. The Morgan fingerprint density at radius 3 is 2.71 bits per heavy atom. The van der Waals surface area contributed by atoms with Crippen LogP contribution in [0.15, 0.2) is 18.2 Å². The van der Waals surface area contributed by atoms with Crippen molar-refractivity contribution in [1.82, 2.24) is 0 Å². The average Bonchev–Trinajstić information content (AvgIpc) is 2.78. The Morgan fingerprint density at radius 1 is 1.35 bits per heavy atom. The summed E-state index contributed by atoms with van der Waals surface area (Å²) in [4.78, 5) is 11.2. The molecule has 1 amide bonds. The fourth-order valence-corrected chi connectivity index (χ4v) is 2.25. The molecule has 0 unspecified atom stereocenters. The largest absolute Gasteiger partial charge is 0.492 e. The molecule has 1 aromatic carbocycles. The van der Waals surface area contributed by atoms with Crippen LogP contribution in [0.1, 0.15) is 36.0 Å². The van der Waals surface area contributed by atoms with Gasteiger partial charge in [-0.05, 0) is 30.9 Å². The number of rotatable bonds is 4. The lowest BCUT2D eigenvalue weighted by atomic mass is 10.1. The van der Waals surface area contributed by atoms with Gasteiger partial charge in [-0.2, -0.15) is 0 Å². The molecule has 4 N–H and O–H groups in total. The van der Waals surface area contributed by atoms with Gasteiger partial charge in [-0.15, -0.1) is 0 Å². The first-order chi connectivity index (χ1) is 8.16. The first-order valence-electron chi connectivity index (χ1n) is 5.99. The summed E-state index contributed by atoms with van der Waals surface area (Å²) in [5.74, 6) is 0.618. The zero-order chi connectivity index (χ0) is 12.3. The van der Waals surface area contributed by atoms with Crippen molar-refractivity contribution in [2.24, 2.45) is 11.7 Å². The summed E-state index contributed by atoms with van der Waals surface area (Å²) >= 11 is 0. The van der Waals surface area contributed by atoms with Crippen LogP contribution in [0.25, 0.3) is 0 Å². The summed E-state index contributed by atoms with van der Waals surface area (Å²) in [6.45, 7) is 0.643. The smallest absolute Gasteiger partial charge is 0.252 e. The Hall–Kier alpha value is -1.71. The topological polar surface area (TPSA) is 78.3 Å². The van der Waals surface area contributed by atoms with Crippen molar-refractivity contribution in [3.05, 3.63) is 23.8 Å². The molecule has 0 heterocycles. The van der Waals surface area contributed by atoms with E-state index in [0.29, 0.717) is 29.5 Å². The summed E-state index contributed by atoms with van der Waals surface area (Å²) in [6.07, 6.45) is 4.95. The van der Waals surface area contributed by atoms with Gasteiger partial charge in [0.2, 0.25) is 0 Å². The Kier molecular flexibility index (Phi) is 3.52. The molecule has 0 atom stereocenters. The van der Waals surface area contributed by atoms with Gasteiger partial charge in [-0.3, -0.25) is 4.79 Å². The lowest BCUT2D eigenvalue weighted by Crippen LogP contribution is -2.15. The summed E-state index contributed by atoms with van der Waals surface area (Å²) < 4.78 is 5.68. The van der Waals surface area contributed by atoms with Gasteiger partial charge in [-0.1, -0.05) is 12.8 Å². The molecule has 0 radical (unpaired) electrons. The van der Waals surface area contributed by atoms with Gasteiger partial charge >= 0.3 is 0 Å². The zero-order valence-electron chi connectivity index (χ0n) is 9.82. The molecule has 0 bridgehead atoms. The SMILES string of the molecule is NC(=O)c1ccc(N)cc1OCC1CCCC1. The maximum Gasteiger partial charge on any atom is 0.252 e. The number of hydrogen-bond acceptors (Lipinski definition) is 3. The molecule has 0 saturated heterocycles. The lowest BCUT2D eigenvalue weighted by Gasteiger charge is -2.13. The summed E-state index contributed by atoms with van der Waals surface area (Å²) in [5, 5.41) is 0. The van der Waals surface area contributed by atoms with Crippen LogP contribution in [-0.2, 0) is 0 Å². The monoisotopic (exact) mass is 234 g/mol. The molecule has 1 aliphatic rings. The Balaban J connectivity index is 2.07. The highest BCUT2D eigenvalue weighted by molar-refractivity contribution is 5.96. The van der Waals surface area contributed by atoms with Crippen LogP contribution in [0.5, 0.6) is 5.75 Å². The zero-order valence-corrected chi connectivity index (χ0v) is 9.82. The number of hydrogen-bond donors (Lipinski definition) is 2. The summed E-state index contributed by atoms with van der Waals surface area (Å²) in [6, 6.07) is 4.93. The minimum absolute atomic E-state index is 0.400. The van der Waals surface area contributed by atoms with Crippen molar-refractivity contribution in [2.75, 3.05) is 12.3 Å². The fraction of sp³-hybridized carbons (Fsp3) is 0.462. The number of primary amides is 1. The highest BCUT2D eigenvalue weighted by Crippen LogP contribution is 2.27. The van der Waals surface area contributed by atoms with Crippen molar-refractivity contribution >= 4 is 11.6 Å². The van der Waals surface area contributed by atoms with Crippen LogP contribution in [0.3, 0.4) is 0 Å². The Bertz CT molecular complexity index is 412. The Morgan fingerprint density at radius 2 is 2.06 bits per heavy atom. The van der Waals surface area contributed by atoms with E-state index in [0.717, 1.165) is 0 Å². The van der Waals surface area contributed by atoms with E-state index < -0.39 is 5.91 Å². The van der Waals surface area contributed by atoms with E-state index >= 15 is 0 Å². The number of nitrogens with two attached hydrogens (primary N) is 2. The molecular formula is C13H18N2O2. The molecular weight excluding hydrogens is 216 g/mol. The van der Waals surface area contributed by atoms with Crippen molar-refractivity contribution in [1.29, 1.82) is 0 Å². The number of benzene rings is 1. The van der Waals surface area contributed by atoms with Crippen LogP contribution >= 0.6 is 0 Å². The van der Waals surface area contributed by atoms with Crippen molar-refractivity contribution < 1.29 is 9.53 Å². The first kappa shape index (κ1) is 11.8. The molecule has 0 aromatic heterocycles. The highest BCUT2D eigenvalue weighted by Gasteiger charge is 2.17. The number of ether oxygens (including phenoxy) is 1. The Labute approximate surface area is 101 Å². The molecule has 4 nitrogen and oxygen atoms in total. The third kappa shape index (κ3) is 2.90. The van der Waals surface area contributed by atoms with E-state index in [1.165, 1.54) is 25.7 Å². The predicted molar refractivity (Wildman–Crippen MR) is 66.8 cm³/mol. The highest BCUT2D eigenvalue weighted by atomic mass is 16.5. The third-order valence-corrected chi connectivity index (χ3v) is 3.22. The van der Waals surface area contributed by atoms with E-state index in [1.54, 1.807) is 18.2 Å². The van der Waals surface area contributed by atoms with Gasteiger partial charge in [0.25, 0.3) is 5.91 Å². The molecule has 0 aliphatic heterocycles. The van der Waals surface area contributed by atoms with Crippen molar-refractivity contribution in [3.63, 3.8) is 0 Å². The molecule has 0 spiro atoms. The number of nitrogen functional groups attached to an aromatic ring is 1. The molecule has 92 valence electrons. The lowest BCUT2D eigenvalue weighted by molar-refractivity contribution is 0.0995. The normalized spacial score (nSPS) is 16.0. The molecule has 4 heteroatoms. The second kappa shape index (κ2) is 5.08. The maximum atomic E-state index is 11.2. The standard InChI is InChI=1S/C13H18N2O2/c14-10-5-6-11(13(15)16)12(7-10)17-8-9-3-1-2-4-9/h5-7,9H,1-4,8,14H2,(H2,15,16). The number of carbonyl (C=O) groups excluding carboxylic acids is 1. The molecule has 1 aromatic rings. The van der Waals surface area contributed by atoms with Gasteiger partial charge in [0.05, 0.1) is 12.2 Å². The van der Waals surface area contributed by atoms with Gasteiger partial charge in [-0.25, -0.2) is 0 Å². The second-order valence-electron chi connectivity index (χ2n) is 4.58. The number of amides is 1. The molecule has 1 fully saturated rings. The third-order valence-electron chi connectivity index (χ3n) is 3.22. The van der Waals surface area contributed by atoms with Crippen LogP contribution in [0.2, 0.25) is 0 Å². The molecule has 17 heavy (non-hydrogen) atoms. The quantitative estimate of drug-likeness (QED) is 0.781. The maximum absolute atomic E-state index is 11.2. The van der Waals surface area contributed by atoms with E-state index in [2.05, 4.69) is 0 Å². The summed E-state index contributed by atoms with van der Waals surface area (Å²) in [7, 11) is 0. The van der Waals surface area contributed by atoms with Crippen molar-refractivity contribution in [2.45, 2.75) is 25.7 Å². The second-order valence-corrected chi connectivity index (χ2v) is 4.58. The van der Waals surface area contributed by atoms with Crippen molar-refractivity contribution in [3.8, 4) is 5.75 Å². The fourth-order valence-electron chi connectivity index (χ4n) is 2.25. The van der Waals surface area contributed by atoms with Crippen LogP contribution in [0.4, 0.5) is 5.69 Å². The predicted octanol–water partition coefficient (Wildman–Crippen LogP) is 1.94. The van der Waals surface area contributed by atoms with Gasteiger partial charge < -0.3 is 16.2 Å². The van der Waals surface area contributed by atoms with E-state index in [4.69, 9.17) is 16.2 Å². The van der Waals surface area contributed by atoms with E-state index in [-0.39, 0.29) is 0 Å². The van der Waals surface area contributed by atoms with Gasteiger partial charge in [0.15, 0.2) is 0 Å². The minimum Gasteiger partial charge on any atom is -0.492 e. The van der Waals surface area contributed by atoms with Crippen LogP contribution in [0, 0.1) is 5.92 Å². The molecule has 1 saturated carbocycles. The summed E-state index contributed by atoms with van der Waals surface area (Å²) in [5.41, 5.74) is 11.9.